The van der Waals surface area contributed by atoms with Gasteiger partial charge in [0.2, 0.25) is 0 Å². The number of rotatable bonds is 10. The number of carboxylic acid groups (broad SMARTS) is 1. The second kappa shape index (κ2) is 10.7. The number of anilines is 1. The maximum absolute atomic E-state index is 12.4. The van der Waals surface area contributed by atoms with Gasteiger partial charge in [-0.25, -0.2) is 0 Å². The SMILES string of the molecule is CC(C)OCc1ccc(C(=O)Nc2cccc(CSCCC(=O)O)c2)cc1. The van der Waals surface area contributed by atoms with Crippen LogP contribution in [0.5, 0.6) is 0 Å². The Hall–Kier alpha value is -2.31. The van der Waals surface area contributed by atoms with E-state index in [4.69, 9.17) is 9.84 Å². The van der Waals surface area contributed by atoms with Crippen LogP contribution >= 0.6 is 11.8 Å². The van der Waals surface area contributed by atoms with Crippen LogP contribution in [0.4, 0.5) is 5.69 Å². The van der Waals surface area contributed by atoms with Crippen LogP contribution in [-0.4, -0.2) is 28.8 Å². The molecule has 144 valence electrons. The smallest absolute Gasteiger partial charge is 0.304 e. The second-order valence-electron chi connectivity index (χ2n) is 6.41. The number of thioether (sulfide) groups is 1. The molecule has 2 aromatic carbocycles. The summed E-state index contributed by atoms with van der Waals surface area (Å²) in [5.41, 5.74) is 3.39. The summed E-state index contributed by atoms with van der Waals surface area (Å²) in [5, 5.41) is 11.6. The summed E-state index contributed by atoms with van der Waals surface area (Å²) in [5.74, 6) is 0.327. The molecule has 5 nitrogen and oxygen atoms in total. The summed E-state index contributed by atoms with van der Waals surface area (Å²) in [6.07, 6.45) is 0.321. The first-order valence-corrected chi connectivity index (χ1v) is 10.00. The first-order chi connectivity index (χ1) is 12.9. The first-order valence-electron chi connectivity index (χ1n) is 8.84. The van der Waals surface area contributed by atoms with Crippen molar-refractivity contribution in [2.75, 3.05) is 11.1 Å². The van der Waals surface area contributed by atoms with Crippen LogP contribution in [0.15, 0.2) is 48.5 Å². The number of nitrogens with one attached hydrogen (secondary N) is 1. The van der Waals surface area contributed by atoms with E-state index in [1.165, 1.54) is 0 Å². The van der Waals surface area contributed by atoms with Gasteiger partial charge >= 0.3 is 5.97 Å². The Morgan fingerprint density at radius 3 is 2.52 bits per heavy atom. The Morgan fingerprint density at radius 2 is 1.85 bits per heavy atom. The third-order valence-electron chi connectivity index (χ3n) is 3.71. The van der Waals surface area contributed by atoms with Crippen LogP contribution in [-0.2, 0) is 21.9 Å². The van der Waals surface area contributed by atoms with Gasteiger partial charge in [0.15, 0.2) is 0 Å². The molecule has 0 saturated heterocycles. The largest absolute Gasteiger partial charge is 0.481 e. The lowest BCUT2D eigenvalue weighted by molar-refractivity contribution is -0.136. The van der Waals surface area contributed by atoms with Gasteiger partial charge in [0.05, 0.1) is 19.1 Å². The molecule has 0 atom stereocenters. The number of hydrogen-bond acceptors (Lipinski definition) is 4. The molecule has 2 aromatic rings. The van der Waals surface area contributed by atoms with E-state index in [1.54, 1.807) is 23.9 Å². The predicted octanol–water partition coefficient (Wildman–Crippen LogP) is 4.57. The molecule has 0 aromatic heterocycles. The third-order valence-corrected chi connectivity index (χ3v) is 4.74. The third kappa shape index (κ3) is 7.85. The van der Waals surface area contributed by atoms with Crippen LogP contribution in [0.2, 0.25) is 0 Å². The zero-order chi connectivity index (χ0) is 19.6. The topological polar surface area (TPSA) is 75.6 Å². The first kappa shape index (κ1) is 21.0. The van der Waals surface area contributed by atoms with Gasteiger partial charge in [0, 0.05) is 22.8 Å². The lowest BCUT2D eigenvalue weighted by Gasteiger charge is -2.09. The number of aliphatic carboxylic acids is 1. The molecule has 0 aliphatic heterocycles. The van der Waals surface area contributed by atoms with Crippen molar-refractivity contribution in [3.05, 3.63) is 65.2 Å². The monoisotopic (exact) mass is 387 g/mol. The van der Waals surface area contributed by atoms with E-state index < -0.39 is 5.97 Å². The minimum absolute atomic E-state index is 0.152. The van der Waals surface area contributed by atoms with E-state index in [1.807, 2.05) is 50.2 Å². The van der Waals surface area contributed by atoms with E-state index >= 15 is 0 Å². The maximum atomic E-state index is 12.4. The van der Waals surface area contributed by atoms with E-state index in [0.29, 0.717) is 23.7 Å². The van der Waals surface area contributed by atoms with E-state index in [-0.39, 0.29) is 18.4 Å². The fourth-order valence-electron chi connectivity index (χ4n) is 2.31. The average molecular weight is 388 g/mol. The van der Waals surface area contributed by atoms with Gasteiger partial charge in [-0.15, -0.1) is 0 Å². The quantitative estimate of drug-likeness (QED) is 0.584. The molecule has 27 heavy (non-hydrogen) atoms. The zero-order valence-electron chi connectivity index (χ0n) is 15.6. The Balaban J connectivity index is 1.89. The molecular weight excluding hydrogens is 362 g/mol. The van der Waals surface area contributed by atoms with Crippen molar-refractivity contribution < 1.29 is 19.4 Å². The van der Waals surface area contributed by atoms with Crippen LogP contribution in [0, 0.1) is 0 Å². The minimum Gasteiger partial charge on any atom is -0.481 e. The summed E-state index contributed by atoms with van der Waals surface area (Å²) in [4.78, 5) is 23.0. The van der Waals surface area contributed by atoms with Gasteiger partial charge in [0.25, 0.3) is 5.91 Å². The summed E-state index contributed by atoms with van der Waals surface area (Å²) >= 11 is 1.56. The molecule has 0 fully saturated rings. The molecule has 0 spiro atoms. The van der Waals surface area contributed by atoms with Gasteiger partial charge in [-0.1, -0.05) is 24.3 Å². The summed E-state index contributed by atoms with van der Waals surface area (Å²) < 4.78 is 5.56. The van der Waals surface area contributed by atoms with Crippen molar-refractivity contribution in [3.63, 3.8) is 0 Å². The Kier molecular flexibility index (Phi) is 8.36. The molecule has 0 bridgehead atoms. The molecule has 2 rings (SSSR count). The number of ether oxygens (including phenoxy) is 1. The number of carbonyl (C=O) groups is 2. The summed E-state index contributed by atoms with van der Waals surface area (Å²) in [6.45, 7) is 4.50. The molecule has 0 aliphatic carbocycles. The molecule has 6 heteroatoms. The van der Waals surface area contributed by atoms with Crippen LogP contribution in [0.1, 0.15) is 41.8 Å². The van der Waals surface area contributed by atoms with Crippen molar-refractivity contribution in [2.24, 2.45) is 0 Å². The van der Waals surface area contributed by atoms with Crippen LogP contribution in [0.25, 0.3) is 0 Å². The zero-order valence-corrected chi connectivity index (χ0v) is 16.4. The number of carbonyl (C=O) groups excluding carboxylic acids is 1. The number of carboxylic acids is 1. The summed E-state index contributed by atoms with van der Waals surface area (Å²) in [7, 11) is 0. The molecule has 0 unspecified atom stereocenters. The lowest BCUT2D eigenvalue weighted by atomic mass is 10.1. The number of amides is 1. The predicted molar refractivity (Wildman–Crippen MR) is 109 cm³/mol. The van der Waals surface area contributed by atoms with Gasteiger partial charge in [-0.05, 0) is 49.2 Å². The molecule has 0 aliphatic rings. The molecule has 2 N–H and O–H groups in total. The fraction of sp³-hybridized carbons (Fsp3) is 0.333. The minimum atomic E-state index is -0.787. The Morgan fingerprint density at radius 1 is 1.11 bits per heavy atom. The molecule has 0 radical (unpaired) electrons. The highest BCUT2D eigenvalue weighted by molar-refractivity contribution is 7.98. The molecule has 1 amide bonds. The van der Waals surface area contributed by atoms with Crippen LogP contribution in [0.3, 0.4) is 0 Å². The number of benzene rings is 2. The van der Waals surface area contributed by atoms with E-state index in [0.717, 1.165) is 16.8 Å². The molecule has 0 heterocycles. The van der Waals surface area contributed by atoms with Crippen molar-refractivity contribution in [3.8, 4) is 0 Å². The Labute approximate surface area is 164 Å². The normalized spacial score (nSPS) is 10.8. The van der Waals surface area contributed by atoms with Crippen molar-refractivity contribution >= 4 is 29.3 Å². The average Bonchev–Trinajstić information content (AvgIpc) is 2.64. The van der Waals surface area contributed by atoms with Gasteiger partial charge in [-0.3, -0.25) is 9.59 Å². The lowest BCUT2D eigenvalue weighted by Crippen LogP contribution is -2.12. The highest BCUT2D eigenvalue weighted by atomic mass is 32.2. The fourth-order valence-corrected chi connectivity index (χ4v) is 3.19. The molecule has 0 saturated carbocycles. The van der Waals surface area contributed by atoms with Crippen molar-refractivity contribution in [2.45, 2.75) is 38.7 Å². The standard InChI is InChI=1S/C21H25NO4S/c1-15(2)26-13-16-6-8-18(9-7-16)21(25)22-19-5-3-4-17(12-19)14-27-11-10-20(23)24/h3-9,12,15H,10-11,13-14H2,1-2H3,(H,22,25)(H,23,24). The molecular formula is C21H25NO4S. The highest BCUT2D eigenvalue weighted by Gasteiger charge is 2.07. The van der Waals surface area contributed by atoms with Gasteiger partial charge < -0.3 is 15.2 Å². The van der Waals surface area contributed by atoms with E-state index in [2.05, 4.69) is 5.32 Å². The van der Waals surface area contributed by atoms with Crippen molar-refractivity contribution in [1.29, 1.82) is 0 Å². The van der Waals surface area contributed by atoms with Gasteiger partial charge in [-0.2, -0.15) is 11.8 Å². The maximum Gasteiger partial charge on any atom is 0.304 e. The van der Waals surface area contributed by atoms with Crippen LogP contribution < -0.4 is 5.32 Å². The number of hydrogen-bond donors (Lipinski definition) is 2. The van der Waals surface area contributed by atoms with E-state index in [9.17, 15) is 9.59 Å². The Bertz CT molecular complexity index is 759. The second-order valence-corrected chi connectivity index (χ2v) is 7.51. The summed E-state index contributed by atoms with van der Waals surface area (Å²) in [6, 6.07) is 15.0. The van der Waals surface area contributed by atoms with Gasteiger partial charge in [0.1, 0.15) is 0 Å². The highest BCUT2D eigenvalue weighted by Crippen LogP contribution is 2.18. The van der Waals surface area contributed by atoms with Crippen molar-refractivity contribution in [1.82, 2.24) is 0 Å².